The molecule has 5 rings (SSSR count). The lowest BCUT2D eigenvalue weighted by Crippen LogP contribution is -1.88. The molecule has 3 aromatic carbocycles. The maximum atomic E-state index is 2.38. The average Bonchev–Trinajstić information content (AvgIpc) is 3.00. The maximum Gasteiger partial charge on any atom is 0.0499 e. The van der Waals surface area contributed by atoms with Crippen molar-refractivity contribution in [3.05, 3.63) is 58.2 Å². The van der Waals surface area contributed by atoms with Crippen LogP contribution in [-0.2, 0) is 14.1 Å². The summed E-state index contributed by atoms with van der Waals surface area (Å²) in [6, 6.07) is 20.0. The van der Waals surface area contributed by atoms with Gasteiger partial charge < -0.3 is 9.13 Å². The average molecular weight is 410 g/mol. The minimum atomic E-state index is 1.27. The molecule has 2 heterocycles. The number of benzene rings is 3. The fourth-order valence-electron chi connectivity index (χ4n) is 3.83. The lowest BCUT2D eigenvalue weighted by molar-refractivity contribution is 1.01. The van der Waals surface area contributed by atoms with Crippen LogP contribution in [0.25, 0.3) is 43.6 Å². The molecule has 0 radical (unpaired) electrons. The number of fused-ring (bicyclic) bond motifs is 6. The number of rotatable bonds is 0. The predicted octanol–water partition coefficient (Wildman–Crippen LogP) is 5.58. The monoisotopic (exact) mass is 410 g/mol. The highest BCUT2D eigenvalue weighted by atomic mass is 127. The zero-order valence-electron chi connectivity index (χ0n) is 13.0. The van der Waals surface area contributed by atoms with Crippen LogP contribution in [0, 0.1) is 3.57 Å². The third-order valence-electron chi connectivity index (χ3n) is 5.00. The van der Waals surface area contributed by atoms with Crippen molar-refractivity contribution in [1.29, 1.82) is 0 Å². The Morgan fingerprint density at radius 1 is 0.609 bits per heavy atom. The first-order valence-corrected chi connectivity index (χ1v) is 8.78. The fraction of sp³-hybridized carbons (Fsp3) is 0.100. The number of nitrogens with zero attached hydrogens (tertiary/aromatic N) is 2. The van der Waals surface area contributed by atoms with E-state index in [1.165, 1.54) is 47.2 Å². The SMILES string of the molecule is Cn1c2ccccc2c2cc3c(cc21)c1ccc(I)cc1n3C. The second-order valence-corrected chi connectivity index (χ2v) is 7.43. The summed E-state index contributed by atoms with van der Waals surface area (Å²) in [7, 11) is 4.32. The topological polar surface area (TPSA) is 9.86 Å². The van der Waals surface area contributed by atoms with Crippen molar-refractivity contribution in [2.45, 2.75) is 0 Å². The molecule has 3 heteroatoms. The van der Waals surface area contributed by atoms with Crippen LogP contribution >= 0.6 is 22.6 Å². The molecule has 0 atom stereocenters. The zero-order valence-corrected chi connectivity index (χ0v) is 15.1. The van der Waals surface area contributed by atoms with Gasteiger partial charge in [-0.1, -0.05) is 24.3 Å². The molecule has 0 unspecified atom stereocenters. The van der Waals surface area contributed by atoms with Crippen LogP contribution in [0.3, 0.4) is 0 Å². The summed E-state index contributed by atoms with van der Waals surface area (Å²) in [5, 5.41) is 5.32. The normalized spacial score (nSPS) is 12.1. The molecular formula is C20H15IN2. The molecule has 0 aliphatic heterocycles. The highest BCUT2D eigenvalue weighted by Crippen LogP contribution is 2.36. The molecule has 2 aromatic heterocycles. The molecule has 0 saturated carbocycles. The first-order chi connectivity index (χ1) is 11.1. The smallest absolute Gasteiger partial charge is 0.0499 e. The number of hydrogen-bond acceptors (Lipinski definition) is 0. The van der Waals surface area contributed by atoms with Gasteiger partial charge >= 0.3 is 0 Å². The van der Waals surface area contributed by atoms with Crippen LogP contribution in [0.15, 0.2) is 54.6 Å². The van der Waals surface area contributed by atoms with Gasteiger partial charge in [0.25, 0.3) is 0 Å². The number of aromatic nitrogens is 2. The quantitative estimate of drug-likeness (QED) is 0.295. The van der Waals surface area contributed by atoms with Gasteiger partial charge in [-0.15, -0.1) is 0 Å². The highest BCUT2D eigenvalue weighted by Gasteiger charge is 2.13. The second-order valence-electron chi connectivity index (χ2n) is 6.18. The van der Waals surface area contributed by atoms with Gasteiger partial charge in [0.1, 0.15) is 0 Å². The Morgan fingerprint density at radius 3 is 1.91 bits per heavy atom. The zero-order chi connectivity index (χ0) is 15.7. The molecule has 5 aromatic rings. The second kappa shape index (κ2) is 4.51. The third kappa shape index (κ3) is 1.68. The van der Waals surface area contributed by atoms with Crippen molar-refractivity contribution in [2.75, 3.05) is 0 Å². The molecule has 0 N–H and O–H groups in total. The Labute approximate surface area is 147 Å². The Hall–Kier alpha value is -2.01. The molecule has 0 saturated heterocycles. The minimum Gasteiger partial charge on any atom is -0.344 e. The van der Waals surface area contributed by atoms with E-state index in [2.05, 4.69) is 100 Å². The highest BCUT2D eigenvalue weighted by molar-refractivity contribution is 14.1. The van der Waals surface area contributed by atoms with Crippen molar-refractivity contribution in [1.82, 2.24) is 9.13 Å². The standard InChI is InChI=1S/C20H15IN2/c1-22-17-6-4-3-5-13(17)15-10-20-16(11-19(15)22)14-8-7-12(21)9-18(14)23(20)2/h3-11H,1-2H3. The van der Waals surface area contributed by atoms with Gasteiger partial charge in [0.15, 0.2) is 0 Å². The summed E-state index contributed by atoms with van der Waals surface area (Å²) in [5.41, 5.74) is 5.18. The van der Waals surface area contributed by atoms with Crippen LogP contribution in [0.1, 0.15) is 0 Å². The summed E-state index contributed by atoms with van der Waals surface area (Å²) in [5.74, 6) is 0. The summed E-state index contributed by atoms with van der Waals surface area (Å²) in [6.45, 7) is 0. The van der Waals surface area contributed by atoms with Crippen LogP contribution < -0.4 is 0 Å². The van der Waals surface area contributed by atoms with Crippen molar-refractivity contribution in [2.24, 2.45) is 14.1 Å². The Bertz CT molecular complexity index is 1240. The van der Waals surface area contributed by atoms with E-state index in [0.717, 1.165) is 0 Å². The van der Waals surface area contributed by atoms with E-state index in [4.69, 9.17) is 0 Å². The van der Waals surface area contributed by atoms with Gasteiger partial charge in [0.2, 0.25) is 0 Å². The number of halogens is 1. The van der Waals surface area contributed by atoms with Crippen LogP contribution in [0.2, 0.25) is 0 Å². The fourth-order valence-corrected chi connectivity index (χ4v) is 4.30. The minimum absolute atomic E-state index is 1.27. The maximum absolute atomic E-state index is 2.38. The molecule has 0 aliphatic rings. The van der Waals surface area contributed by atoms with E-state index < -0.39 is 0 Å². The molecule has 0 aliphatic carbocycles. The van der Waals surface area contributed by atoms with E-state index in [1.807, 2.05) is 0 Å². The van der Waals surface area contributed by atoms with E-state index in [0.29, 0.717) is 0 Å². The molecule has 0 spiro atoms. The Kier molecular flexibility index (Phi) is 2.63. The van der Waals surface area contributed by atoms with Crippen LogP contribution in [-0.4, -0.2) is 9.13 Å². The van der Waals surface area contributed by atoms with Crippen molar-refractivity contribution < 1.29 is 0 Å². The van der Waals surface area contributed by atoms with Crippen molar-refractivity contribution in [3.8, 4) is 0 Å². The number of aryl methyl sites for hydroxylation is 2. The lowest BCUT2D eigenvalue weighted by Gasteiger charge is -2.00. The molecule has 0 bridgehead atoms. The van der Waals surface area contributed by atoms with E-state index >= 15 is 0 Å². The van der Waals surface area contributed by atoms with Crippen molar-refractivity contribution in [3.63, 3.8) is 0 Å². The summed E-state index contributed by atoms with van der Waals surface area (Å²) in [4.78, 5) is 0. The molecule has 0 amide bonds. The lowest BCUT2D eigenvalue weighted by atomic mass is 10.1. The molecule has 2 nitrogen and oxygen atoms in total. The van der Waals surface area contributed by atoms with E-state index in [1.54, 1.807) is 0 Å². The van der Waals surface area contributed by atoms with E-state index in [9.17, 15) is 0 Å². The summed E-state index contributed by atoms with van der Waals surface area (Å²) < 4.78 is 5.89. The Balaban J connectivity index is 2.07. The first-order valence-electron chi connectivity index (χ1n) is 7.70. The van der Waals surface area contributed by atoms with Gasteiger partial charge in [-0.3, -0.25) is 0 Å². The summed E-state index contributed by atoms with van der Waals surface area (Å²) in [6.07, 6.45) is 0. The first kappa shape index (κ1) is 13.4. The molecule has 112 valence electrons. The third-order valence-corrected chi connectivity index (χ3v) is 5.67. The molecular weight excluding hydrogens is 395 g/mol. The van der Waals surface area contributed by atoms with Gasteiger partial charge in [0, 0.05) is 61.3 Å². The molecule has 0 fully saturated rings. The van der Waals surface area contributed by atoms with Gasteiger partial charge in [-0.2, -0.15) is 0 Å². The Morgan fingerprint density at radius 2 is 1.17 bits per heavy atom. The number of hydrogen-bond donors (Lipinski definition) is 0. The summed E-state index contributed by atoms with van der Waals surface area (Å²) >= 11 is 2.38. The largest absolute Gasteiger partial charge is 0.344 e. The van der Waals surface area contributed by atoms with Gasteiger partial charge in [-0.25, -0.2) is 0 Å². The van der Waals surface area contributed by atoms with Crippen LogP contribution in [0.5, 0.6) is 0 Å². The van der Waals surface area contributed by atoms with Gasteiger partial charge in [0.05, 0.1) is 0 Å². The van der Waals surface area contributed by atoms with Gasteiger partial charge in [-0.05, 0) is 52.9 Å². The van der Waals surface area contributed by atoms with Crippen LogP contribution in [0.4, 0.5) is 0 Å². The van der Waals surface area contributed by atoms with Crippen molar-refractivity contribution >= 4 is 66.2 Å². The predicted molar refractivity (Wildman–Crippen MR) is 107 cm³/mol. The number of para-hydroxylation sites is 1. The van der Waals surface area contributed by atoms with E-state index in [-0.39, 0.29) is 0 Å². The molecule has 23 heavy (non-hydrogen) atoms.